The quantitative estimate of drug-likeness (QED) is 0.786. The summed E-state index contributed by atoms with van der Waals surface area (Å²) in [6.07, 6.45) is 0. The van der Waals surface area contributed by atoms with Gasteiger partial charge in [0, 0.05) is 25.2 Å². The molecule has 1 aliphatic heterocycles. The van der Waals surface area contributed by atoms with Crippen molar-refractivity contribution in [3.8, 4) is 0 Å². The van der Waals surface area contributed by atoms with Crippen LogP contribution < -0.4 is 11.2 Å². The van der Waals surface area contributed by atoms with Crippen LogP contribution in [-0.2, 0) is 11.3 Å². The Kier molecular flexibility index (Phi) is 3.54. The van der Waals surface area contributed by atoms with Gasteiger partial charge in [0.1, 0.15) is 0 Å². The first-order chi connectivity index (χ1) is 7.77. The lowest BCUT2D eigenvalue weighted by atomic mass is 10.2. The van der Waals surface area contributed by atoms with Crippen molar-refractivity contribution >= 4 is 5.69 Å². The molecule has 1 fully saturated rings. The summed E-state index contributed by atoms with van der Waals surface area (Å²) in [6.45, 7) is 3.88. The van der Waals surface area contributed by atoms with Gasteiger partial charge in [-0.3, -0.25) is 9.69 Å². The van der Waals surface area contributed by atoms with E-state index in [1.807, 2.05) is 12.1 Å². The van der Waals surface area contributed by atoms with E-state index in [-0.39, 0.29) is 5.43 Å². The molecular weight excluding hydrogens is 204 g/mol. The molecular formula is C12H16N2O2. The molecule has 86 valence electrons. The third-order valence-corrected chi connectivity index (χ3v) is 2.74. The van der Waals surface area contributed by atoms with Crippen LogP contribution in [0, 0.1) is 0 Å². The Labute approximate surface area is 94.6 Å². The molecule has 0 amide bonds. The van der Waals surface area contributed by atoms with Gasteiger partial charge >= 0.3 is 0 Å². The highest BCUT2D eigenvalue weighted by atomic mass is 16.5. The Hall–Kier alpha value is -1.39. The third kappa shape index (κ3) is 2.59. The van der Waals surface area contributed by atoms with Gasteiger partial charge in [0.25, 0.3) is 0 Å². The van der Waals surface area contributed by atoms with Crippen molar-refractivity contribution in [1.29, 1.82) is 0 Å². The largest absolute Gasteiger partial charge is 0.396 e. The second-order valence-electron chi connectivity index (χ2n) is 3.92. The minimum absolute atomic E-state index is 0.0588. The molecule has 0 atom stereocenters. The van der Waals surface area contributed by atoms with Crippen LogP contribution in [0.5, 0.6) is 0 Å². The maximum Gasteiger partial charge on any atom is 0.205 e. The van der Waals surface area contributed by atoms with Crippen molar-refractivity contribution < 1.29 is 4.74 Å². The number of hydrogen-bond acceptors (Lipinski definition) is 4. The van der Waals surface area contributed by atoms with Gasteiger partial charge in [-0.2, -0.15) is 0 Å². The number of ether oxygens (including phenoxy) is 1. The molecule has 2 rings (SSSR count). The van der Waals surface area contributed by atoms with Gasteiger partial charge in [-0.15, -0.1) is 0 Å². The summed E-state index contributed by atoms with van der Waals surface area (Å²) in [5.41, 5.74) is 6.66. The van der Waals surface area contributed by atoms with Gasteiger partial charge in [0.15, 0.2) is 0 Å². The van der Waals surface area contributed by atoms with E-state index < -0.39 is 0 Å². The number of rotatable bonds is 2. The van der Waals surface area contributed by atoms with Gasteiger partial charge in [-0.1, -0.05) is 18.2 Å². The lowest BCUT2D eigenvalue weighted by Gasteiger charge is -2.26. The Morgan fingerprint density at radius 3 is 2.69 bits per heavy atom. The zero-order chi connectivity index (χ0) is 11.4. The summed E-state index contributed by atoms with van der Waals surface area (Å²) in [6, 6.07) is 7.13. The van der Waals surface area contributed by atoms with E-state index in [2.05, 4.69) is 4.90 Å². The molecule has 1 aliphatic rings. The highest BCUT2D eigenvalue weighted by Gasteiger charge is 2.12. The molecule has 16 heavy (non-hydrogen) atoms. The number of nitrogens with zero attached hydrogens (tertiary/aromatic N) is 1. The maximum atomic E-state index is 11.9. The van der Waals surface area contributed by atoms with E-state index in [9.17, 15) is 4.79 Å². The number of nitrogens with two attached hydrogens (primary N) is 1. The number of morpholine rings is 1. The van der Waals surface area contributed by atoms with E-state index in [0.717, 1.165) is 31.9 Å². The molecule has 0 saturated carbocycles. The first kappa shape index (κ1) is 11.1. The van der Waals surface area contributed by atoms with Crippen molar-refractivity contribution in [3.63, 3.8) is 0 Å². The standard InChI is InChI=1S/C12H16N2O2/c13-11-4-2-1-3-10(12(11)15)9-14-5-7-16-8-6-14/h1-4H,5-9H2,(H2,13,15). The smallest absolute Gasteiger partial charge is 0.205 e. The summed E-state index contributed by atoms with van der Waals surface area (Å²) < 4.78 is 5.27. The normalized spacial score (nSPS) is 17.2. The van der Waals surface area contributed by atoms with Crippen molar-refractivity contribution in [2.75, 3.05) is 32.0 Å². The molecule has 1 saturated heterocycles. The first-order valence-corrected chi connectivity index (χ1v) is 5.45. The third-order valence-electron chi connectivity index (χ3n) is 2.74. The number of hydrogen-bond donors (Lipinski definition) is 1. The minimum Gasteiger partial charge on any atom is -0.396 e. The monoisotopic (exact) mass is 220 g/mol. The lowest BCUT2D eigenvalue weighted by Crippen LogP contribution is -2.36. The fourth-order valence-electron chi connectivity index (χ4n) is 1.79. The van der Waals surface area contributed by atoms with Crippen molar-refractivity contribution in [1.82, 2.24) is 4.90 Å². The number of anilines is 1. The molecule has 0 spiro atoms. The second-order valence-corrected chi connectivity index (χ2v) is 3.92. The van der Waals surface area contributed by atoms with Crippen molar-refractivity contribution in [2.24, 2.45) is 0 Å². The summed E-state index contributed by atoms with van der Waals surface area (Å²) in [7, 11) is 0. The summed E-state index contributed by atoms with van der Waals surface area (Å²) in [5.74, 6) is 0. The fraction of sp³-hybridized carbons (Fsp3) is 0.417. The Bertz CT molecular complexity index is 414. The second kappa shape index (κ2) is 5.09. The highest BCUT2D eigenvalue weighted by Crippen LogP contribution is 2.04. The highest BCUT2D eigenvalue weighted by molar-refractivity contribution is 5.39. The maximum absolute atomic E-state index is 11.9. The molecule has 2 N–H and O–H groups in total. The van der Waals surface area contributed by atoms with Crippen LogP contribution in [-0.4, -0.2) is 31.2 Å². The van der Waals surface area contributed by atoms with Crippen LogP contribution in [0.25, 0.3) is 0 Å². The molecule has 1 aromatic carbocycles. The molecule has 0 bridgehead atoms. The summed E-state index contributed by atoms with van der Waals surface area (Å²) in [5, 5.41) is 0. The average molecular weight is 220 g/mol. The summed E-state index contributed by atoms with van der Waals surface area (Å²) >= 11 is 0. The zero-order valence-corrected chi connectivity index (χ0v) is 9.19. The summed E-state index contributed by atoms with van der Waals surface area (Å²) in [4.78, 5) is 14.1. The van der Waals surface area contributed by atoms with Crippen LogP contribution >= 0.6 is 0 Å². The molecule has 0 radical (unpaired) electrons. The predicted octanol–water partition coefficient (Wildman–Crippen LogP) is 0.461. The Morgan fingerprint density at radius 2 is 1.94 bits per heavy atom. The molecule has 0 unspecified atom stereocenters. The molecule has 0 aliphatic carbocycles. The van der Waals surface area contributed by atoms with Crippen LogP contribution in [0.15, 0.2) is 29.1 Å². The van der Waals surface area contributed by atoms with Gasteiger partial charge in [-0.25, -0.2) is 0 Å². The van der Waals surface area contributed by atoms with Crippen LogP contribution in [0.4, 0.5) is 5.69 Å². The van der Waals surface area contributed by atoms with Gasteiger partial charge in [0.05, 0.1) is 18.9 Å². The van der Waals surface area contributed by atoms with E-state index in [1.54, 1.807) is 12.1 Å². The zero-order valence-electron chi connectivity index (χ0n) is 9.19. The average Bonchev–Trinajstić information content (AvgIpc) is 2.46. The number of nitrogen functional groups attached to an aromatic ring is 1. The van der Waals surface area contributed by atoms with Crippen LogP contribution in [0.3, 0.4) is 0 Å². The topological polar surface area (TPSA) is 55.6 Å². The van der Waals surface area contributed by atoms with Crippen LogP contribution in [0.1, 0.15) is 5.56 Å². The lowest BCUT2D eigenvalue weighted by molar-refractivity contribution is 0.0341. The molecule has 1 aromatic rings. The SMILES string of the molecule is Nc1ccccc(CN2CCOCC2)c1=O. The minimum atomic E-state index is -0.0588. The molecule has 4 nitrogen and oxygen atoms in total. The van der Waals surface area contributed by atoms with Gasteiger partial charge in [-0.05, 0) is 6.07 Å². The van der Waals surface area contributed by atoms with E-state index in [0.29, 0.717) is 12.2 Å². The molecule has 0 aromatic heterocycles. The van der Waals surface area contributed by atoms with E-state index in [4.69, 9.17) is 10.5 Å². The molecule has 1 heterocycles. The van der Waals surface area contributed by atoms with Crippen molar-refractivity contribution in [3.05, 3.63) is 40.1 Å². The van der Waals surface area contributed by atoms with E-state index >= 15 is 0 Å². The van der Waals surface area contributed by atoms with E-state index in [1.165, 1.54) is 0 Å². The van der Waals surface area contributed by atoms with Crippen LogP contribution in [0.2, 0.25) is 0 Å². The molecule has 4 heteroatoms. The first-order valence-electron chi connectivity index (χ1n) is 5.45. The van der Waals surface area contributed by atoms with Crippen molar-refractivity contribution in [2.45, 2.75) is 6.54 Å². The Balaban J connectivity index is 2.18. The fourth-order valence-corrected chi connectivity index (χ4v) is 1.79. The van der Waals surface area contributed by atoms with Gasteiger partial charge < -0.3 is 10.5 Å². The Morgan fingerprint density at radius 1 is 1.25 bits per heavy atom. The van der Waals surface area contributed by atoms with Gasteiger partial charge in [0.2, 0.25) is 5.43 Å². The predicted molar refractivity (Wildman–Crippen MR) is 63.2 cm³/mol.